The molecular formula is C10H11NO2. The van der Waals surface area contributed by atoms with Crippen LogP contribution in [0.1, 0.15) is 11.1 Å². The molecule has 0 saturated carbocycles. The fraction of sp³-hybridized carbons (Fsp3) is 0.100. The number of oxime groups is 1. The molecule has 0 radical (unpaired) electrons. The number of phenols is 1. The van der Waals surface area contributed by atoms with Crippen LogP contribution in [-0.2, 0) is 6.42 Å². The van der Waals surface area contributed by atoms with E-state index in [1.54, 1.807) is 24.3 Å². The van der Waals surface area contributed by atoms with Crippen molar-refractivity contribution >= 4 is 6.21 Å². The van der Waals surface area contributed by atoms with Crippen LogP contribution in [0.3, 0.4) is 0 Å². The second kappa shape index (κ2) is 4.30. The van der Waals surface area contributed by atoms with Gasteiger partial charge in [0, 0.05) is 5.56 Å². The maximum Gasteiger partial charge on any atom is 0.127 e. The number of aromatic hydroxyl groups is 1. The predicted molar refractivity (Wildman–Crippen MR) is 51.4 cm³/mol. The van der Waals surface area contributed by atoms with E-state index in [-0.39, 0.29) is 5.75 Å². The van der Waals surface area contributed by atoms with E-state index in [0.29, 0.717) is 12.0 Å². The number of para-hydroxylation sites is 1. The third-order valence-corrected chi connectivity index (χ3v) is 1.71. The highest BCUT2D eigenvalue weighted by Crippen LogP contribution is 2.21. The Bertz CT molecular complexity index is 332. The van der Waals surface area contributed by atoms with Crippen molar-refractivity contribution in [2.24, 2.45) is 5.16 Å². The molecule has 0 aliphatic heterocycles. The van der Waals surface area contributed by atoms with Gasteiger partial charge in [0.15, 0.2) is 0 Å². The Hall–Kier alpha value is -1.77. The number of benzene rings is 1. The molecule has 3 heteroatoms. The number of hydrogen-bond donors (Lipinski definition) is 2. The molecular weight excluding hydrogens is 166 g/mol. The smallest absolute Gasteiger partial charge is 0.127 e. The summed E-state index contributed by atoms with van der Waals surface area (Å²) in [4.78, 5) is 0. The van der Waals surface area contributed by atoms with Gasteiger partial charge < -0.3 is 10.3 Å². The third-order valence-electron chi connectivity index (χ3n) is 1.71. The van der Waals surface area contributed by atoms with Crippen LogP contribution in [0.15, 0.2) is 36.0 Å². The highest BCUT2D eigenvalue weighted by atomic mass is 16.4. The zero-order valence-corrected chi connectivity index (χ0v) is 7.14. The third kappa shape index (κ3) is 2.08. The van der Waals surface area contributed by atoms with Crippen LogP contribution >= 0.6 is 0 Å². The Morgan fingerprint density at radius 2 is 2.23 bits per heavy atom. The zero-order chi connectivity index (χ0) is 9.68. The SMILES string of the molecule is C=CCc1cccc(C=NO)c1O. The van der Waals surface area contributed by atoms with E-state index >= 15 is 0 Å². The molecule has 0 spiro atoms. The van der Waals surface area contributed by atoms with E-state index in [4.69, 9.17) is 5.21 Å². The molecule has 1 aromatic carbocycles. The summed E-state index contributed by atoms with van der Waals surface area (Å²) >= 11 is 0. The molecule has 0 heterocycles. The highest BCUT2D eigenvalue weighted by molar-refractivity contribution is 5.83. The van der Waals surface area contributed by atoms with Crippen LogP contribution in [0.5, 0.6) is 5.75 Å². The summed E-state index contributed by atoms with van der Waals surface area (Å²) < 4.78 is 0. The standard InChI is InChI=1S/C10H11NO2/c1-2-4-8-5-3-6-9(7-11-13)10(8)12/h2-3,5-7,12-13H,1,4H2. The van der Waals surface area contributed by atoms with E-state index < -0.39 is 0 Å². The molecule has 0 fully saturated rings. The van der Waals surface area contributed by atoms with Crippen LogP contribution in [0, 0.1) is 0 Å². The van der Waals surface area contributed by atoms with E-state index in [0.717, 1.165) is 5.56 Å². The maximum absolute atomic E-state index is 9.60. The minimum atomic E-state index is 0.139. The molecule has 0 saturated heterocycles. The second-order valence-corrected chi connectivity index (χ2v) is 2.59. The molecule has 1 aromatic rings. The lowest BCUT2D eigenvalue weighted by Crippen LogP contribution is -1.88. The van der Waals surface area contributed by atoms with Gasteiger partial charge in [0.05, 0.1) is 6.21 Å². The van der Waals surface area contributed by atoms with Gasteiger partial charge in [0.25, 0.3) is 0 Å². The predicted octanol–water partition coefficient (Wildman–Crippen LogP) is 1.93. The van der Waals surface area contributed by atoms with Gasteiger partial charge in [-0.3, -0.25) is 0 Å². The van der Waals surface area contributed by atoms with Gasteiger partial charge in [-0.15, -0.1) is 6.58 Å². The maximum atomic E-state index is 9.60. The highest BCUT2D eigenvalue weighted by Gasteiger charge is 2.02. The molecule has 68 valence electrons. The molecule has 0 aliphatic rings. The minimum absolute atomic E-state index is 0.139. The van der Waals surface area contributed by atoms with Crippen molar-refractivity contribution in [3.05, 3.63) is 42.0 Å². The minimum Gasteiger partial charge on any atom is -0.507 e. The van der Waals surface area contributed by atoms with Gasteiger partial charge >= 0.3 is 0 Å². The quantitative estimate of drug-likeness (QED) is 0.321. The van der Waals surface area contributed by atoms with E-state index in [1.165, 1.54) is 6.21 Å². The van der Waals surface area contributed by atoms with Gasteiger partial charge in [-0.25, -0.2) is 0 Å². The number of allylic oxidation sites excluding steroid dienone is 1. The Morgan fingerprint density at radius 1 is 1.46 bits per heavy atom. The van der Waals surface area contributed by atoms with Crippen LogP contribution in [0.4, 0.5) is 0 Å². The molecule has 0 atom stereocenters. The van der Waals surface area contributed by atoms with E-state index in [9.17, 15) is 5.11 Å². The number of hydrogen-bond acceptors (Lipinski definition) is 3. The molecule has 0 bridgehead atoms. The average Bonchev–Trinajstić information content (AvgIpc) is 2.13. The molecule has 0 unspecified atom stereocenters. The van der Waals surface area contributed by atoms with Crippen LogP contribution in [0.2, 0.25) is 0 Å². The molecule has 13 heavy (non-hydrogen) atoms. The summed E-state index contributed by atoms with van der Waals surface area (Å²) in [6.45, 7) is 3.58. The average molecular weight is 177 g/mol. The monoisotopic (exact) mass is 177 g/mol. The lowest BCUT2D eigenvalue weighted by atomic mass is 10.1. The van der Waals surface area contributed by atoms with Crippen molar-refractivity contribution in [2.45, 2.75) is 6.42 Å². The largest absolute Gasteiger partial charge is 0.507 e. The Balaban J connectivity index is 3.09. The fourth-order valence-electron chi connectivity index (χ4n) is 1.10. The lowest BCUT2D eigenvalue weighted by molar-refractivity contribution is 0.321. The van der Waals surface area contributed by atoms with Gasteiger partial charge in [-0.1, -0.05) is 23.4 Å². The summed E-state index contributed by atoms with van der Waals surface area (Å²) in [5.41, 5.74) is 1.27. The molecule has 0 aliphatic carbocycles. The van der Waals surface area contributed by atoms with Gasteiger partial charge in [-0.05, 0) is 18.1 Å². The topological polar surface area (TPSA) is 52.8 Å². The summed E-state index contributed by atoms with van der Waals surface area (Å²) in [6.07, 6.45) is 3.50. The van der Waals surface area contributed by atoms with Crippen LogP contribution < -0.4 is 0 Å². The van der Waals surface area contributed by atoms with Crippen molar-refractivity contribution in [3.8, 4) is 5.75 Å². The first-order chi connectivity index (χ1) is 6.29. The molecule has 0 aromatic heterocycles. The van der Waals surface area contributed by atoms with Crippen LogP contribution in [-0.4, -0.2) is 16.5 Å². The van der Waals surface area contributed by atoms with Gasteiger partial charge in [0.2, 0.25) is 0 Å². The molecule has 1 rings (SSSR count). The van der Waals surface area contributed by atoms with Gasteiger partial charge in [0.1, 0.15) is 5.75 Å². The number of nitrogens with zero attached hydrogens (tertiary/aromatic N) is 1. The summed E-state index contributed by atoms with van der Waals surface area (Å²) in [7, 11) is 0. The number of phenolic OH excluding ortho intramolecular Hbond substituents is 1. The molecule has 3 nitrogen and oxygen atoms in total. The Morgan fingerprint density at radius 3 is 2.85 bits per heavy atom. The first-order valence-corrected chi connectivity index (χ1v) is 3.88. The normalized spacial score (nSPS) is 10.5. The molecule has 2 N–H and O–H groups in total. The fourth-order valence-corrected chi connectivity index (χ4v) is 1.10. The van der Waals surface area contributed by atoms with E-state index in [1.807, 2.05) is 0 Å². The second-order valence-electron chi connectivity index (χ2n) is 2.59. The molecule has 0 amide bonds. The van der Waals surface area contributed by atoms with Crippen molar-refractivity contribution in [1.82, 2.24) is 0 Å². The van der Waals surface area contributed by atoms with Crippen molar-refractivity contribution in [3.63, 3.8) is 0 Å². The lowest BCUT2D eigenvalue weighted by Gasteiger charge is -2.03. The zero-order valence-electron chi connectivity index (χ0n) is 7.14. The summed E-state index contributed by atoms with van der Waals surface area (Å²) in [5, 5.41) is 20.8. The van der Waals surface area contributed by atoms with Crippen LogP contribution in [0.25, 0.3) is 0 Å². The Kier molecular flexibility index (Phi) is 3.09. The van der Waals surface area contributed by atoms with Crippen molar-refractivity contribution < 1.29 is 10.3 Å². The van der Waals surface area contributed by atoms with Crippen molar-refractivity contribution in [1.29, 1.82) is 0 Å². The van der Waals surface area contributed by atoms with Gasteiger partial charge in [-0.2, -0.15) is 0 Å². The number of rotatable bonds is 3. The first kappa shape index (κ1) is 9.32. The van der Waals surface area contributed by atoms with E-state index in [2.05, 4.69) is 11.7 Å². The Labute approximate surface area is 76.6 Å². The van der Waals surface area contributed by atoms with Crippen molar-refractivity contribution in [2.75, 3.05) is 0 Å². The first-order valence-electron chi connectivity index (χ1n) is 3.88. The summed E-state index contributed by atoms with van der Waals surface area (Å²) in [6, 6.07) is 5.25. The summed E-state index contributed by atoms with van der Waals surface area (Å²) in [5.74, 6) is 0.139.